The Balaban J connectivity index is 2.54. The molecule has 0 aliphatic rings. The monoisotopic (exact) mass is 238 g/mol. The molecule has 0 saturated carbocycles. The second-order valence-corrected chi connectivity index (χ2v) is 4.03. The van der Waals surface area contributed by atoms with Crippen LogP contribution in [0.1, 0.15) is 32.3 Å². The maximum Gasteiger partial charge on any atom is 0.224 e. The number of rotatable bonds is 7. The average Bonchev–Trinajstić information content (AvgIpc) is 2.33. The molecule has 0 aliphatic carbocycles. The summed E-state index contributed by atoms with van der Waals surface area (Å²) in [6, 6.07) is 0. The highest BCUT2D eigenvalue weighted by atomic mass is 16.3. The van der Waals surface area contributed by atoms with Crippen LogP contribution in [0, 0.1) is 6.92 Å². The van der Waals surface area contributed by atoms with Gasteiger partial charge in [0, 0.05) is 24.8 Å². The fraction of sp³-hybridized carbons (Fsp3) is 0.667. The molecular weight excluding hydrogens is 216 g/mol. The molecule has 0 aliphatic heterocycles. The quantitative estimate of drug-likeness (QED) is 0.675. The molecule has 1 aromatic heterocycles. The first kappa shape index (κ1) is 13.7. The van der Waals surface area contributed by atoms with Crippen molar-refractivity contribution in [3.63, 3.8) is 0 Å². The van der Waals surface area contributed by atoms with E-state index in [-0.39, 0.29) is 6.10 Å². The van der Waals surface area contributed by atoms with Gasteiger partial charge in [0.25, 0.3) is 0 Å². The van der Waals surface area contributed by atoms with Crippen molar-refractivity contribution in [1.29, 1.82) is 0 Å². The molecule has 0 radical (unpaired) electrons. The fourth-order valence-corrected chi connectivity index (χ4v) is 1.43. The van der Waals surface area contributed by atoms with Crippen LogP contribution in [0.3, 0.4) is 0 Å². The molecule has 5 nitrogen and oxygen atoms in total. The van der Waals surface area contributed by atoms with Crippen molar-refractivity contribution in [3.05, 3.63) is 11.8 Å². The summed E-state index contributed by atoms with van der Waals surface area (Å²) in [5.41, 5.74) is 1.01. The lowest BCUT2D eigenvalue weighted by molar-refractivity contribution is 0.164. The van der Waals surface area contributed by atoms with Gasteiger partial charge in [0.05, 0.1) is 6.10 Å². The Morgan fingerprint density at radius 1 is 1.35 bits per heavy atom. The van der Waals surface area contributed by atoms with Gasteiger partial charge in [-0.3, -0.25) is 0 Å². The van der Waals surface area contributed by atoms with Crippen LogP contribution in [0.5, 0.6) is 0 Å². The summed E-state index contributed by atoms with van der Waals surface area (Å²) in [7, 11) is 0. The van der Waals surface area contributed by atoms with Crippen molar-refractivity contribution in [2.24, 2.45) is 0 Å². The molecule has 17 heavy (non-hydrogen) atoms. The molecule has 1 rings (SSSR count). The Bertz CT molecular complexity index is 343. The van der Waals surface area contributed by atoms with E-state index < -0.39 is 0 Å². The topological polar surface area (TPSA) is 70.1 Å². The average molecular weight is 238 g/mol. The van der Waals surface area contributed by atoms with E-state index in [1.807, 2.05) is 20.8 Å². The van der Waals surface area contributed by atoms with E-state index in [0.717, 1.165) is 37.3 Å². The number of aromatic nitrogens is 2. The number of nitrogens with one attached hydrogen (secondary N) is 2. The minimum atomic E-state index is -0.238. The van der Waals surface area contributed by atoms with Crippen molar-refractivity contribution in [1.82, 2.24) is 9.97 Å². The Hall–Kier alpha value is -1.36. The van der Waals surface area contributed by atoms with E-state index in [9.17, 15) is 5.11 Å². The van der Waals surface area contributed by atoms with Gasteiger partial charge in [-0.25, -0.2) is 4.98 Å². The Kier molecular flexibility index (Phi) is 5.69. The molecule has 96 valence electrons. The van der Waals surface area contributed by atoms with E-state index in [4.69, 9.17) is 0 Å². The minimum absolute atomic E-state index is 0.238. The van der Waals surface area contributed by atoms with Crippen LogP contribution in [0.2, 0.25) is 0 Å². The van der Waals surface area contributed by atoms with E-state index in [2.05, 4.69) is 20.6 Å². The molecule has 3 N–H and O–H groups in total. The van der Waals surface area contributed by atoms with Crippen LogP contribution >= 0.6 is 0 Å². The predicted octanol–water partition coefficient (Wildman–Crippen LogP) is 1.79. The van der Waals surface area contributed by atoms with Crippen LogP contribution in [0.25, 0.3) is 0 Å². The van der Waals surface area contributed by atoms with Crippen molar-refractivity contribution in [2.75, 3.05) is 23.7 Å². The molecule has 0 aromatic carbocycles. The summed E-state index contributed by atoms with van der Waals surface area (Å²) in [5.74, 6) is 1.47. The first-order valence-corrected chi connectivity index (χ1v) is 6.16. The standard InChI is InChI=1S/C12H22N4O/c1-4-10(17)6-7-14-11-9(3)8-15-12(16-11)13-5-2/h8,10,17H,4-7H2,1-3H3,(H2,13,14,15,16). The Morgan fingerprint density at radius 2 is 2.12 bits per heavy atom. The summed E-state index contributed by atoms with van der Waals surface area (Å²) in [4.78, 5) is 8.55. The Morgan fingerprint density at radius 3 is 2.76 bits per heavy atom. The van der Waals surface area contributed by atoms with Gasteiger partial charge in [0.15, 0.2) is 0 Å². The van der Waals surface area contributed by atoms with Gasteiger partial charge in [-0.2, -0.15) is 4.98 Å². The van der Waals surface area contributed by atoms with E-state index in [1.54, 1.807) is 6.20 Å². The first-order valence-electron chi connectivity index (χ1n) is 6.16. The molecule has 1 atom stereocenters. The zero-order valence-electron chi connectivity index (χ0n) is 10.8. The van der Waals surface area contributed by atoms with Gasteiger partial charge in [-0.05, 0) is 26.7 Å². The molecule has 0 amide bonds. The minimum Gasteiger partial charge on any atom is -0.393 e. The molecule has 1 heterocycles. The normalized spacial score (nSPS) is 12.2. The van der Waals surface area contributed by atoms with Crippen LogP contribution in [0.4, 0.5) is 11.8 Å². The molecule has 5 heteroatoms. The lowest BCUT2D eigenvalue weighted by Gasteiger charge is -2.12. The summed E-state index contributed by atoms with van der Waals surface area (Å²) in [6.45, 7) is 7.47. The van der Waals surface area contributed by atoms with Crippen molar-refractivity contribution in [2.45, 2.75) is 39.7 Å². The van der Waals surface area contributed by atoms with Crippen LogP contribution in [-0.2, 0) is 0 Å². The Labute approximate surface area is 103 Å². The highest BCUT2D eigenvalue weighted by Gasteiger charge is 2.04. The van der Waals surface area contributed by atoms with Gasteiger partial charge >= 0.3 is 0 Å². The van der Waals surface area contributed by atoms with Crippen molar-refractivity contribution >= 4 is 11.8 Å². The third-order valence-electron chi connectivity index (χ3n) is 2.55. The maximum atomic E-state index is 9.46. The summed E-state index contributed by atoms with van der Waals surface area (Å²) in [5, 5.41) is 15.8. The van der Waals surface area contributed by atoms with E-state index >= 15 is 0 Å². The second-order valence-electron chi connectivity index (χ2n) is 4.03. The number of anilines is 2. The predicted molar refractivity (Wildman–Crippen MR) is 70.3 cm³/mol. The van der Waals surface area contributed by atoms with Crippen molar-refractivity contribution in [3.8, 4) is 0 Å². The highest BCUT2D eigenvalue weighted by molar-refractivity contribution is 5.46. The zero-order chi connectivity index (χ0) is 12.7. The van der Waals surface area contributed by atoms with Gasteiger partial charge in [-0.15, -0.1) is 0 Å². The molecule has 1 aromatic rings. The molecular formula is C12H22N4O. The second kappa shape index (κ2) is 7.06. The lowest BCUT2D eigenvalue weighted by Crippen LogP contribution is -2.14. The number of hydrogen-bond donors (Lipinski definition) is 3. The number of hydrogen-bond acceptors (Lipinski definition) is 5. The number of aryl methyl sites for hydroxylation is 1. The summed E-state index contributed by atoms with van der Waals surface area (Å²) >= 11 is 0. The number of aliphatic hydroxyl groups is 1. The largest absolute Gasteiger partial charge is 0.393 e. The van der Waals surface area contributed by atoms with E-state index in [1.165, 1.54) is 0 Å². The van der Waals surface area contributed by atoms with Gasteiger partial charge in [0.1, 0.15) is 5.82 Å². The first-order chi connectivity index (χ1) is 8.17. The smallest absolute Gasteiger partial charge is 0.224 e. The maximum absolute atomic E-state index is 9.46. The summed E-state index contributed by atoms with van der Waals surface area (Å²) < 4.78 is 0. The van der Waals surface area contributed by atoms with Crippen LogP contribution < -0.4 is 10.6 Å². The molecule has 0 saturated heterocycles. The summed E-state index contributed by atoms with van der Waals surface area (Å²) in [6.07, 6.45) is 3.07. The SMILES string of the molecule is CCNc1ncc(C)c(NCCC(O)CC)n1. The zero-order valence-corrected chi connectivity index (χ0v) is 10.8. The third kappa shape index (κ3) is 4.56. The lowest BCUT2D eigenvalue weighted by atomic mass is 10.2. The van der Waals surface area contributed by atoms with Gasteiger partial charge < -0.3 is 15.7 Å². The number of aliphatic hydroxyl groups excluding tert-OH is 1. The van der Waals surface area contributed by atoms with Crippen LogP contribution in [-0.4, -0.2) is 34.3 Å². The third-order valence-corrected chi connectivity index (χ3v) is 2.55. The molecule has 0 fully saturated rings. The molecule has 0 bridgehead atoms. The van der Waals surface area contributed by atoms with Crippen molar-refractivity contribution < 1.29 is 5.11 Å². The van der Waals surface area contributed by atoms with Gasteiger partial charge in [-0.1, -0.05) is 6.92 Å². The molecule has 1 unspecified atom stereocenters. The van der Waals surface area contributed by atoms with Crippen LogP contribution in [0.15, 0.2) is 6.20 Å². The fourth-order valence-electron chi connectivity index (χ4n) is 1.43. The number of nitrogens with zero attached hydrogens (tertiary/aromatic N) is 2. The van der Waals surface area contributed by atoms with E-state index in [0.29, 0.717) is 5.95 Å². The molecule has 0 spiro atoms. The highest BCUT2D eigenvalue weighted by Crippen LogP contribution is 2.12. The van der Waals surface area contributed by atoms with Gasteiger partial charge in [0.2, 0.25) is 5.95 Å².